The molecule has 0 fully saturated rings. The van der Waals surface area contributed by atoms with Crippen molar-refractivity contribution in [3.05, 3.63) is 59.7 Å². The molecular weight excluding hydrogens is 321 g/mol. The Kier molecular flexibility index (Phi) is 4.44. The topological polar surface area (TPSA) is 67.2 Å². The summed E-state index contributed by atoms with van der Waals surface area (Å²) in [6, 6.07) is 11.0. The first-order valence-electron chi connectivity index (χ1n) is 8.02. The maximum atomic E-state index is 13.1. The molecule has 0 aliphatic carbocycles. The summed E-state index contributed by atoms with van der Waals surface area (Å²) in [6.07, 6.45) is 0. The van der Waals surface area contributed by atoms with Gasteiger partial charge in [-0.15, -0.1) is 0 Å². The van der Waals surface area contributed by atoms with Gasteiger partial charge in [0.15, 0.2) is 5.58 Å². The largest absolute Gasteiger partial charge is 0.440 e. The highest BCUT2D eigenvalue weighted by Crippen LogP contribution is 2.27. The number of nitrogens with one attached hydrogen (secondary N) is 2. The van der Waals surface area contributed by atoms with Gasteiger partial charge < -0.3 is 15.1 Å². The Morgan fingerprint density at radius 2 is 2.00 bits per heavy atom. The Morgan fingerprint density at radius 3 is 2.72 bits per heavy atom. The van der Waals surface area contributed by atoms with Gasteiger partial charge in [0.2, 0.25) is 5.89 Å². The summed E-state index contributed by atoms with van der Waals surface area (Å²) >= 11 is 0. The number of carbonyl (C=O) groups is 1. The van der Waals surface area contributed by atoms with Crippen LogP contribution >= 0.6 is 0 Å². The Morgan fingerprint density at radius 1 is 1.20 bits per heavy atom. The van der Waals surface area contributed by atoms with Crippen molar-refractivity contribution in [3.8, 4) is 0 Å². The van der Waals surface area contributed by atoms with Gasteiger partial charge in [-0.05, 0) is 35.9 Å². The number of fused-ring (bicyclic) bond motifs is 1. The summed E-state index contributed by atoms with van der Waals surface area (Å²) in [5.41, 5.74) is 2.48. The molecule has 130 valence electrons. The van der Waals surface area contributed by atoms with Gasteiger partial charge >= 0.3 is 6.03 Å². The first-order chi connectivity index (χ1) is 11.8. The van der Waals surface area contributed by atoms with Gasteiger partial charge in [0, 0.05) is 17.6 Å². The van der Waals surface area contributed by atoms with Gasteiger partial charge in [-0.1, -0.05) is 32.9 Å². The molecular formula is C19H20FN3O2. The number of anilines is 1. The van der Waals surface area contributed by atoms with Gasteiger partial charge in [-0.3, -0.25) is 0 Å². The quantitative estimate of drug-likeness (QED) is 0.732. The molecule has 0 aliphatic heterocycles. The van der Waals surface area contributed by atoms with Gasteiger partial charge in [-0.2, -0.15) is 0 Å². The molecule has 0 saturated heterocycles. The second-order valence-corrected chi connectivity index (χ2v) is 6.89. The minimum absolute atomic E-state index is 0.186. The first-order valence-corrected chi connectivity index (χ1v) is 8.02. The smallest absolute Gasteiger partial charge is 0.319 e. The molecule has 1 heterocycles. The van der Waals surface area contributed by atoms with Crippen molar-refractivity contribution in [2.75, 3.05) is 5.32 Å². The molecule has 3 rings (SSSR count). The highest BCUT2D eigenvalue weighted by Gasteiger charge is 2.21. The summed E-state index contributed by atoms with van der Waals surface area (Å²) in [5.74, 6) is 0.320. The van der Waals surface area contributed by atoms with E-state index in [-0.39, 0.29) is 23.8 Å². The van der Waals surface area contributed by atoms with Crippen LogP contribution in [0.25, 0.3) is 11.1 Å². The maximum absolute atomic E-state index is 13.1. The van der Waals surface area contributed by atoms with Crippen LogP contribution in [0.2, 0.25) is 0 Å². The third-order valence-electron chi connectivity index (χ3n) is 3.63. The molecule has 2 amide bonds. The molecule has 0 unspecified atom stereocenters. The van der Waals surface area contributed by atoms with Crippen molar-refractivity contribution in [1.82, 2.24) is 10.3 Å². The second-order valence-electron chi connectivity index (χ2n) is 6.89. The second kappa shape index (κ2) is 6.55. The standard InChI is InChI=1S/C19H20FN3O2/c1-19(2,3)17-23-15-10-14(7-8-16(15)25-17)22-18(24)21-11-12-5-4-6-13(20)9-12/h4-10H,11H2,1-3H3,(H2,21,22,24). The van der Waals surface area contributed by atoms with Crippen LogP contribution in [0, 0.1) is 5.82 Å². The lowest BCUT2D eigenvalue weighted by Gasteiger charge is -2.11. The van der Waals surface area contributed by atoms with E-state index in [4.69, 9.17) is 4.42 Å². The lowest BCUT2D eigenvalue weighted by atomic mass is 9.97. The molecule has 0 spiro atoms. The lowest BCUT2D eigenvalue weighted by Crippen LogP contribution is -2.28. The maximum Gasteiger partial charge on any atom is 0.319 e. The minimum atomic E-state index is -0.372. The Bertz CT molecular complexity index is 912. The number of halogens is 1. The van der Waals surface area contributed by atoms with E-state index in [0.717, 1.165) is 0 Å². The Hall–Kier alpha value is -2.89. The number of urea groups is 1. The van der Waals surface area contributed by atoms with Crippen molar-refractivity contribution >= 4 is 22.8 Å². The van der Waals surface area contributed by atoms with Gasteiger partial charge in [-0.25, -0.2) is 14.2 Å². The van der Waals surface area contributed by atoms with E-state index in [1.165, 1.54) is 12.1 Å². The van der Waals surface area contributed by atoms with Crippen LogP contribution in [0.5, 0.6) is 0 Å². The third-order valence-corrected chi connectivity index (χ3v) is 3.63. The number of benzene rings is 2. The van der Waals surface area contributed by atoms with Gasteiger partial charge in [0.1, 0.15) is 11.3 Å². The summed E-state index contributed by atoms with van der Waals surface area (Å²) in [6.45, 7) is 6.31. The monoisotopic (exact) mass is 341 g/mol. The highest BCUT2D eigenvalue weighted by molar-refractivity contribution is 5.91. The molecule has 2 aromatic carbocycles. The number of aromatic nitrogens is 1. The minimum Gasteiger partial charge on any atom is -0.440 e. The van der Waals surface area contributed by atoms with Crippen LogP contribution < -0.4 is 10.6 Å². The highest BCUT2D eigenvalue weighted by atomic mass is 19.1. The van der Waals surface area contributed by atoms with E-state index in [1.807, 2.05) is 20.8 Å². The van der Waals surface area contributed by atoms with Crippen LogP contribution in [-0.4, -0.2) is 11.0 Å². The Labute approximate surface area is 145 Å². The molecule has 2 N–H and O–H groups in total. The van der Waals surface area contributed by atoms with E-state index in [1.54, 1.807) is 30.3 Å². The Balaban J connectivity index is 1.66. The molecule has 6 heteroatoms. The van der Waals surface area contributed by atoms with E-state index >= 15 is 0 Å². The number of amides is 2. The van der Waals surface area contributed by atoms with Crippen LogP contribution in [0.1, 0.15) is 32.2 Å². The van der Waals surface area contributed by atoms with Crippen molar-refractivity contribution in [2.24, 2.45) is 0 Å². The van der Waals surface area contributed by atoms with Crippen LogP contribution in [0.3, 0.4) is 0 Å². The van der Waals surface area contributed by atoms with E-state index in [9.17, 15) is 9.18 Å². The van der Waals surface area contributed by atoms with Crippen molar-refractivity contribution in [1.29, 1.82) is 0 Å². The normalized spacial score (nSPS) is 11.5. The molecule has 0 aliphatic rings. The SMILES string of the molecule is CC(C)(C)c1nc2cc(NC(=O)NCc3cccc(F)c3)ccc2o1. The number of nitrogens with zero attached hydrogens (tertiary/aromatic N) is 1. The zero-order valence-corrected chi connectivity index (χ0v) is 14.4. The molecule has 1 aromatic heterocycles. The summed E-state index contributed by atoms with van der Waals surface area (Å²) in [7, 11) is 0. The predicted molar refractivity (Wildman–Crippen MR) is 95.0 cm³/mol. The summed E-state index contributed by atoms with van der Waals surface area (Å²) in [4.78, 5) is 16.5. The van der Waals surface area contributed by atoms with Crippen molar-refractivity contribution in [2.45, 2.75) is 32.7 Å². The van der Waals surface area contributed by atoms with E-state index < -0.39 is 0 Å². The summed E-state index contributed by atoms with van der Waals surface area (Å²) in [5, 5.41) is 5.43. The fourth-order valence-electron chi connectivity index (χ4n) is 2.33. The fourth-order valence-corrected chi connectivity index (χ4v) is 2.33. The molecule has 3 aromatic rings. The molecule has 0 atom stereocenters. The average molecular weight is 341 g/mol. The number of hydrogen-bond donors (Lipinski definition) is 2. The molecule has 0 bridgehead atoms. The summed E-state index contributed by atoms with van der Waals surface area (Å²) < 4.78 is 18.9. The van der Waals surface area contributed by atoms with Gasteiger partial charge in [0.05, 0.1) is 0 Å². The predicted octanol–water partition coefficient (Wildman–Crippen LogP) is 4.59. The van der Waals surface area contributed by atoms with E-state index in [0.29, 0.717) is 28.2 Å². The number of rotatable bonds is 3. The van der Waals surface area contributed by atoms with Crippen LogP contribution in [0.15, 0.2) is 46.9 Å². The molecule has 25 heavy (non-hydrogen) atoms. The molecule has 0 saturated carbocycles. The zero-order chi connectivity index (χ0) is 18.0. The van der Waals surface area contributed by atoms with Gasteiger partial charge in [0.25, 0.3) is 0 Å². The molecule has 5 nitrogen and oxygen atoms in total. The van der Waals surface area contributed by atoms with Crippen LogP contribution in [0.4, 0.5) is 14.9 Å². The zero-order valence-electron chi connectivity index (χ0n) is 14.4. The molecule has 0 radical (unpaired) electrons. The van der Waals surface area contributed by atoms with Crippen LogP contribution in [-0.2, 0) is 12.0 Å². The first kappa shape index (κ1) is 17.0. The van der Waals surface area contributed by atoms with Crippen molar-refractivity contribution < 1.29 is 13.6 Å². The number of hydrogen-bond acceptors (Lipinski definition) is 3. The fraction of sp³-hybridized carbons (Fsp3) is 0.263. The average Bonchev–Trinajstić information content (AvgIpc) is 2.97. The van der Waals surface area contributed by atoms with Crippen molar-refractivity contribution in [3.63, 3.8) is 0 Å². The van der Waals surface area contributed by atoms with E-state index in [2.05, 4.69) is 15.6 Å². The third kappa shape index (κ3) is 4.15. The lowest BCUT2D eigenvalue weighted by molar-refractivity contribution is 0.251. The number of carbonyl (C=O) groups excluding carboxylic acids is 1. The number of oxazole rings is 1.